The third kappa shape index (κ3) is 2.17. The van der Waals surface area contributed by atoms with Gasteiger partial charge in [0.1, 0.15) is 0 Å². The van der Waals surface area contributed by atoms with Crippen molar-refractivity contribution < 1.29 is 9.90 Å². The van der Waals surface area contributed by atoms with Crippen LogP contribution in [0.1, 0.15) is 6.92 Å². The van der Waals surface area contributed by atoms with Gasteiger partial charge >= 0.3 is 0 Å². The van der Waals surface area contributed by atoms with Crippen LogP contribution in [-0.2, 0) is 4.79 Å². The Kier molecular flexibility index (Phi) is 2.37. The SMILES string of the molecule is CC(CO)C([NH])=O. The van der Waals surface area contributed by atoms with Gasteiger partial charge in [0.05, 0.1) is 12.5 Å². The lowest BCUT2D eigenvalue weighted by molar-refractivity contribution is -0.122. The lowest BCUT2D eigenvalue weighted by Crippen LogP contribution is -2.14. The van der Waals surface area contributed by atoms with Crippen LogP contribution in [0, 0.1) is 5.92 Å². The second-order valence-corrected chi connectivity index (χ2v) is 1.45. The molecule has 7 heavy (non-hydrogen) atoms. The molecule has 0 fully saturated rings. The average molecular weight is 102 g/mol. The summed E-state index contributed by atoms with van der Waals surface area (Å²) in [6.45, 7) is 1.29. The fourth-order valence-corrected chi connectivity index (χ4v) is 0.0829. The maximum atomic E-state index is 9.88. The maximum Gasteiger partial charge on any atom is 0.243 e. The average Bonchev–Trinajstić information content (AvgIpc) is 1.65. The summed E-state index contributed by atoms with van der Waals surface area (Å²) in [6, 6.07) is 0. The molecule has 0 aliphatic rings. The molecular formula is C4H8NO2. The molecule has 0 aliphatic carbocycles. The minimum atomic E-state index is -0.706. The summed E-state index contributed by atoms with van der Waals surface area (Å²) >= 11 is 0. The topological polar surface area (TPSA) is 61.1 Å². The number of carbonyl (C=O) groups excluding carboxylic acids is 1. The second-order valence-electron chi connectivity index (χ2n) is 1.45. The first-order valence-electron chi connectivity index (χ1n) is 2.04. The molecule has 3 heteroatoms. The second kappa shape index (κ2) is 2.58. The normalized spacial score (nSPS) is 13.4. The molecule has 3 nitrogen and oxygen atoms in total. The molecule has 0 heterocycles. The highest BCUT2D eigenvalue weighted by molar-refractivity contribution is 5.75. The van der Waals surface area contributed by atoms with E-state index in [-0.39, 0.29) is 6.61 Å². The van der Waals surface area contributed by atoms with Gasteiger partial charge < -0.3 is 5.11 Å². The van der Waals surface area contributed by atoms with Crippen LogP contribution in [0.3, 0.4) is 0 Å². The summed E-state index contributed by atoms with van der Waals surface area (Å²) in [5, 5.41) is 8.16. The van der Waals surface area contributed by atoms with E-state index in [1.807, 2.05) is 0 Å². The third-order valence-electron chi connectivity index (χ3n) is 0.721. The first-order chi connectivity index (χ1) is 3.18. The smallest absolute Gasteiger partial charge is 0.243 e. The van der Waals surface area contributed by atoms with Crippen molar-refractivity contribution in [2.45, 2.75) is 6.92 Å². The zero-order valence-corrected chi connectivity index (χ0v) is 4.14. The summed E-state index contributed by atoms with van der Waals surface area (Å²) in [6.07, 6.45) is 0. The summed E-state index contributed by atoms with van der Waals surface area (Å²) in [5.74, 6) is -1.22. The number of aliphatic hydroxyl groups excluding tert-OH is 1. The summed E-state index contributed by atoms with van der Waals surface area (Å²) in [5.41, 5.74) is 6.38. The van der Waals surface area contributed by atoms with E-state index in [0.717, 1.165) is 0 Å². The van der Waals surface area contributed by atoms with Gasteiger partial charge in [0, 0.05) is 0 Å². The lowest BCUT2D eigenvalue weighted by atomic mass is 10.2. The first kappa shape index (κ1) is 6.43. The number of nitrogens with one attached hydrogen (secondary N) is 1. The number of hydrogen-bond acceptors (Lipinski definition) is 2. The zero-order chi connectivity index (χ0) is 5.86. The Morgan fingerprint density at radius 1 is 2.00 bits per heavy atom. The molecule has 0 aliphatic heterocycles. The standard InChI is InChI=1S/C4H8NO2/c1-3(2-6)4(5)7/h3,5-6H,2H2,1H3. The number of carbonyl (C=O) groups is 1. The molecule has 41 valence electrons. The van der Waals surface area contributed by atoms with Crippen LogP contribution in [-0.4, -0.2) is 17.6 Å². The zero-order valence-electron chi connectivity index (χ0n) is 4.14. The van der Waals surface area contributed by atoms with Gasteiger partial charge in [-0.15, -0.1) is 0 Å². The van der Waals surface area contributed by atoms with Gasteiger partial charge in [0.25, 0.3) is 0 Å². The van der Waals surface area contributed by atoms with Gasteiger partial charge in [-0.2, -0.15) is 0 Å². The van der Waals surface area contributed by atoms with E-state index in [1.165, 1.54) is 6.92 Å². The van der Waals surface area contributed by atoms with Crippen molar-refractivity contribution in [3.8, 4) is 0 Å². The molecule has 1 amide bonds. The highest BCUT2D eigenvalue weighted by Gasteiger charge is 2.04. The van der Waals surface area contributed by atoms with Gasteiger partial charge in [-0.25, -0.2) is 0 Å². The molecule has 0 spiro atoms. The fraction of sp³-hybridized carbons (Fsp3) is 0.750. The van der Waals surface area contributed by atoms with Crippen LogP contribution in [0.5, 0.6) is 0 Å². The van der Waals surface area contributed by atoms with Gasteiger partial charge in [0.15, 0.2) is 0 Å². The van der Waals surface area contributed by atoms with Crippen molar-refractivity contribution in [1.29, 1.82) is 0 Å². The Hall–Kier alpha value is -0.570. The number of aliphatic hydroxyl groups is 1. The molecule has 0 saturated carbocycles. The van der Waals surface area contributed by atoms with Crippen molar-refractivity contribution in [3.63, 3.8) is 0 Å². The Morgan fingerprint density at radius 2 is 2.43 bits per heavy atom. The molecule has 0 aromatic carbocycles. The van der Waals surface area contributed by atoms with Crippen LogP contribution >= 0.6 is 0 Å². The molecule has 1 radical (unpaired) electrons. The molecule has 2 N–H and O–H groups in total. The van der Waals surface area contributed by atoms with Crippen LogP contribution < -0.4 is 5.73 Å². The molecule has 0 bridgehead atoms. The largest absolute Gasteiger partial charge is 0.396 e. The molecule has 0 rings (SSSR count). The Bertz CT molecular complexity index is 72.1. The van der Waals surface area contributed by atoms with Crippen molar-refractivity contribution in [2.24, 2.45) is 5.92 Å². The predicted octanol–water partition coefficient (Wildman–Crippen LogP) is -0.576. The predicted molar refractivity (Wildman–Crippen MR) is 24.4 cm³/mol. The summed E-state index contributed by atoms with van der Waals surface area (Å²) < 4.78 is 0. The van der Waals surface area contributed by atoms with E-state index >= 15 is 0 Å². The number of rotatable bonds is 2. The van der Waals surface area contributed by atoms with E-state index in [1.54, 1.807) is 0 Å². The molecule has 0 saturated heterocycles. The van der Waals surface area contributed by atoms with Crippen LogP contribution in [0.25, 0.3) is 0 Å². The van der Waals surface area contributed by atoms with E-state index in [0.29, 0.717) is 0 Å². The highest BCUT2D eigenvalue weighted by Crippen LogP contribution is 1.88. The molecule has 1 atom stereocenters. The van der Waals surface area contributed by atoms with E-state index in [2.05, 4.69) is 0 Å². The van der Waals surface area contributed by atoms with Crippen molar-refractivity contribution >= 4 is 5.91 Å². The minimum Gasteiger partial charge on any atom is -0.396 e. The quantitative estimate of drug-likeness (QED) is 0.507. The van der Waals surface area contributed by atoms with Gasteiger partial charge in [-0.1, -0.05) is 6.92 Å². The summed E-state index contributed by atoms with van der Waals surface area (Å²) in [4.78, 5) is 9.88. The van der Waals surface area contributed by atoms with Gasteiger partial charge in [-0.05, 0) is 0 Å². The van der Waals surface area contributed by atoms with Crippen LogP contribution in [0.4, 0.5) is 0 Å². The monoisotopic (exact) mass is 102 g/mol. The van der Waals surface area contributed by atoms with Crippen molar-refractivity contribution in [1.82, 2.24) is 5.73 Å². The van der Waals surface area contributed by atoms with Crippen LogP contribution in [0.2, 0.25) is 0 Å². The number of hydrogen-bond donors (Lipinski definition) is 1. The minimum absolute atomic E-state index is 0.220. The Labute approximate surface area is 42.1 Å². The van der Waals surface area contributed by atoms with E-state index in [4.69, 9.17) is 10.8 Å². The Morgan fingerprint density at radius 3 is 2.43 bits per heavy atom. The Balaban J connectivity index is 3.34. The van der Waals surface area contributed by atoms with Crippen molar-refractivity contribution in [2.75, 3.05) is 6.61 Å². The van der Waals surface area contributed by atoms with Crippen LogP contribution in [0.15, 0.2) is 0 Å². The number of amides is 1. The fourth-order valence-electron chi connectivity index (χ4n) is 0.0829. The third-order valence-corrected chi connectivity index (χ3v) is 0.721. The van der Waals surface area contributed by atoms with Gasteiger partial charge in [-0.3, -0.25) is 10.5 Å². The summed E-state index contributed by atoms with van der Waals surface area (Å²) in [7, 11) is 0. The highest BCUT2D eigenvalue weighted by atomic mass is 16.3. The molecule has 0 aromatic heterocycles. The van der Waals surface area contributed by atoms with Crippen molar-refractivity contribution in [3.05, 3.63) is 0 Å². The van der Waals surface area contributed by atoms with E-state index in [9.17, 15) is 4.79 Å². The van der Waals surface area contributed by atoms with Gasteiger partial charge in [0.2, 0.25) is 5.91 Å². The molecular weight excluding hydrogens is 94.0 g/mol. The maximum absolute atomic E-state index is 9.88. The molecule has 0 aromatic rings. The lowest BCUT2D eigenvalue weighted by Gasteiger charge is -1.96. The van der Waals surface area contributed by atoms with E-state index < -0.39 is 11.8 Å². The molecule has 1 unspecified atom stereocenters. The first-order valence-corrected chi connectivity index (χ1v) is 2.04.